The van der Waals surface area contributed by atoms with Gasteiger partial charge in [-0.05, 0) is 62.4 Å². The summed E-state index contributed by atoms with van der Waals surface area (Å²) >= 11 is 0. The molecule has 2 aliphatic rings. The van der Waals surface area contributed by atoms with Crippen molar-refractivity contribution in [1.29, 1.82) is 5.26 Å². The van der Waals surface area contributed by atoms with E-state index in [0.29, 0.717) is 30.4 Å². The number of fused-ring (bicyclic) bond motifs is 1. The minimum absolute atomic E-state index is 0.0458. The number of nitrogens with two attached hydrogens (primary N) is 1. The summed E-state index contributed by atoms with van der Waals surface area (Å²) in [7, 11) is 0. The minimum Gasteiger partial charge on any atom is -0.454 e. The first kappa shape index (κ1) is 29.1. The summed E-state index contributed by atoms with van der Waals surface area (Å²) in [5, 5.41) is 18.1. The van der Waals surface area contributed by atoms with Crippen LogP contribution in [0.25, 0.3) is 22.3 Å². The molecule has 2 fully saturated rings. The molecule has 10 nitrogen and oxygen atoms in total. The number of nitrogens with one attached hydrogen (secondary N) is 1. The van der Waals surface area contributed by atoms with Crippen molar-refractivity contribution in [1.82, 2.24) is 30.0 Å². The van der Waals surface area contributed by atoms with Crippen LogP contribution in [-0.4, -0.2) is 56.7 Å². The largest absolute Gasteiger partial charge is 0.454 e. The van der Waals surface area contributed by atoms with Gasteiger partial charge < -0.3 is 20.7 Å². The monoisotopic (exact) mass is 602 g/mol. The first-order chi connectivity index (χ1) is 21.3. The number of carbonyl (C=O) groups is 1. The van der Waals surface area contributed by atoms with Crippen molar-refractivity contribution in [2.45, 2.75) is 31.7 Å². The van der Waals surface area contributed by atoms with Crippen molar-refractivity contribution in [2.24, 2.45) is 5.92 Å². The normalized spacial score (nSPS) is 19.1. The van der Waals surface area contributed by atoms with Crippen molar-refractivity contribution < 1.29 is 22.7 Å². The van der Waals surface area contributed by atoms with Crippen molar-refractivity contribution in [3.8, 4) is 28.8 Å². The fourth-order valence-electron chi connectivity index (χ4n) is 5.80. The van der Waals surface area contributed by atoms with Gasteiger partial charge >= 0.3 is 0 Å². The number of nitrogen functional groups attached to an aromatic ring is 1. The van der Waals surface area contributed by atoms with E-state index in [0.717, 1.165) is 38.1 Å². The SMILES string of the molecule is N#CC(=CC1CCCNC1)C(=O)N1CCC[C@@H](n2nc(-c3ccc(Oc4cccc(F)c4F)cc3F)c3c(N)ncnc32)C1. The Morgan fingerprint density at radius 3 is 2.77 bits per heavy atom. The Labute approximate surface area is 250 Å². The molecule has 4 aromatic rings. The number of hydrogen-bond donors (Lipinski definition) is 2. The van der Waals surface area contributed by atoms with Gasteiger partial charge in [-0.1, -0.05) is 12.1 Å². The van der Waals surface area contributed by atoms with E-state index in [2.05, 4.69) is 21.4 Å². The zero-order valence-corrected chi connectivity index (χ0v) is 23.6. The molecule has 1 amide bonds. The molecule has 0 bridgehead atoms. The van der Waals surface area contributed by atoms with Crippen LogP contribution in [-0.2, 0) is 4.79 Å². The molecule has 4 heterocycles. The number of amides is 1. The third-order valence-electron chi connectivity index (χ3n) is 7.98. The fraction of sp³-hybridized carbons (Fsp3) is 0.323. The third kappa shape index (κ3) is 5.68. The lowest BCUT2D eigenvalue weighted by molar-refractivity contribution is -0.128. The van der Waals surface area contributed by atoms with Gasteiger partial charge in [-0.15, -0.1) is 0 Å². The van der Waals surface area contributed by atoms with Gasteiger partial charge in [0.2, 0.25) is 5.82 Å². The molecule has 2 aromatic heterocycles. The van der Waals surface area contributed by atoms with E-state index in [1.807, 2.05) is 0 Å². The highest BCUT2D eigenvalue weighted by molar-refractivity contribution is 5.99. The lowest BCUT2D eigenvalue weighted by Crippen LogP contribution is -2.41. The van der Waals surface area contributed by atoms with Crippen molar-refractivity contribution in [2.75, 3.05) is 31.9 Å². The van der Waals surface area contributed by atoms with Crippen molar-refractivity contribution in [3.05, 3.63) is 71.8 Å². The highest BCUT2D eigenvalue weighted by Crippen LogP contribution is 2.37. The zero-order valence-electron chi connectivity index (χ0n) is 23.6. The van der Waals surface area contributed by atoms with Gasteiger partial charge in [-0.2, -0.15) is 14.8 Å². The average Bonchev–Trinajstić information content (AvgIpc) is 3.43. The highest BCUT2D eigenvalue weighted by atomic mass is 19.2. The number of anilines is 1. The molecule has 0 aliphatic carbocycles. The van der Waals surface area contributed by atoms with Crippen LogP contribution in [0.15, 0.2) is 54.4 Å². The Hall–Kier alpha value is -4.96. The Bertz CT molecular complexity index is 1790. The summed E-state index contributed by atoms with van der Waals surface area (Å²) in [5.74, 6) is -3.55. The Kier molecular flexibility index (Phi) is 8.17. The third-order valence-corrected chi connectivity index (χ3v) is 7.98. The van der Waals surface area contributed by atoms with Gasteiger partial charge in [0.25, 0.3) is 5.91 Å². The number of carbonyl (C=O) groups excluding carboxylic acids is 1. The Morgan fingerprint density at radius 2 is 2.00 bits per heavy atom. The summed E-state index contributed by atoms with van der Waals surface area (Å²) < 4.78 is 50.3. The summed E-state index contributed by atoms with van der Waals surface area (Å²) in [6.45, 7) is 2.42. The molecule has 0 saturated carbocycles. The van der Waals surface area contributed by atoms with Gasteiger partial charge in [0.05, 0.1) is 11.4 Å². The van der Waals surface area contributed by atoms with Crippen LogP contribution >= 0.6 is 0 Å². The van der Waals surface area contributed by atoms with Crippen LogP contribution in [0.5, 0.6) is 11.5 Å². The van der Waals surface area contributed by atoms with Crippen LogP contribution in [0, 0.1) is 34.7 Å². The molecule has 226 valence electrons. The minimum atomic E-state index is -1.19. The number of aromatic nitrogens is 4. The number of ether oxygens (including phenoxy) is 1. The van der Waals surface area contributed by atoms with E-state index in [4.69, 9.17) is 15.6 Å². The Balaban J connectivity index is 1.30. The molecular formula is C31H29F3N8O2. The second-order valence-corrected chi connectivity index (χ2v) is 10.9. The standard InChI is InChI=1S/C31H29F3N8O2/c32-23-6-1-7-25(27(23)34)44-21-8-9-22(24(33)13-21)28-26-29(36)38-17-39-30(26)42(40-28)20-5-3-11-41(16-20)31(43)19(14-35)12-18-4-2-10-37-15-18/h1,6-9,12-13,17-18,20,37H,2-5,10-11,15-16H2,(H2,36,38,39)/t18?,20-/m1/s1. The van der Waals surface area contributed by atoms with Crippen LogP contribution in [0.3, 0.4) is 0 Å². The van der Waals surface area contributed by atoms with E-state index in [-0.39, 0.29) is 58.6 Å². The number of hydrogen-bond acceptors (Lipinski definition) is 8. The molecule has 0 radical (unpaired) electrons. The van der Waals surface area contributed by atoms with Gasteiger partial charge in [0, 0.05) is 31.3 Å². The molecule has 13 heteroatoms. The molecule has 2 aliphatic heterocycles. The topological polar surface area (TPSA) is 135 Å². The van der Waals surface area contributed by atoms with E-state index < -0.39 is 17.5 Å². The quantitative estimate of drug-likeness (QED) is 0.235. The summed E-state index contributed by atoms with van der Waals surface area (Å²) in [4.78, 5) is 23.5. The number of benzene rings is 2. The summed E-state index contributed by atoms with van der Waals surface area (Å²) in [6, 6.07) is 9.09. The van der Waals surface area contributed by atoms with Crippen molar-refractivity contribution >= 4 is 22.8 Å². The summed E-state index contributed by atoms with van der Waals surface area (Å²) in [6.07, 6.45) is 6.29. The van der Waals surface area contributed by atoms with Gasteiger partial charge in [-0.25, -0.2) is 23.4 Å². The molecule has 44 heavy (non-hydrogen) atoms. The number of likely N-dealkylation sites (tertiary alicyclic amines) is 1. The lowest BCUT2D eigenvalue weighted by Gasteiger charge is -2.33. The van der Waals surface area contributed by atoms with E-state index in [9.17, 15) is 18.8 Å². The molecule has 2 aromatic carbocycles. The predicted octanol–water partition coefficient (Wildman–Crippen LogP) is 4.90. The van der Waals surface area contributed by atoms with Crippen LogP contribution in [0.2, 0.25) is 0 Å². The number of rotatable bonds is 6. The number of nitriles is 1. The molecular weight excluding hydrogens is 573 g/mol. The van der Waals surface area contributed by atoms with E-state index in [1.165, 1.54) is 30.6 Å². The van der Waals surface area contributed by atoms with Crippen LogP contribution in [0.1, 0.15) is 31.7 Å². The zero-order chi connectivity index (χ0) is 30.8. The second-order valence-electron chi connectivity index (χ2n) is 10.9. The van der Waals surface area contributed by atoms with Gasteiger partial charge in [-0.3, -0.25) is 4.79 Å². The second kappa shape index (κ2) is 12.3. The highest BCUT2D eigenvalue weighted by Gasteiger charge is 2.31. The molecule has 2 saturated heterocycles. The maximum Gasteiger partial charge on any atom is 0.264 e. The van der Waals surface area contributed by atoms with Crippen LogP contribution in [0.4, 0.5) is 19.0 Å². The molecule has 0 spiro atoms. The van der Waals surface area contributed by atoms with Gasteiger partial charge in [0.1, 0.15) is 41.0 Å². The van der Waals surface area contributed by atoms with Crippen molar-refractivity contribution in [3.63, 3.8) is 0 Å². The Morgan fingerprint density at radius 1 is 1.14 bits per heavy atom. The summed E-state index contributed by atoms with van der Waals surface area (Å²) in [5.41, 5.74) is 6.98. The van der Waals surface area contributed by atoms with Crippen LogP contribution < -0.4 is 15.8 Å². The van der Waals surface area contributed by atoms with E-state index in [1.54, 1.807) is 15.7 Å². The number of halogens is 3. The predicted molar refractivity (Wildman–Crippen MR) is 156 cm³/mol. The maximum atomic E-state index is 15.5. The smallest absolute Gasteiger partial charge is 0.264 e. The first-order valence-corrected chi connectivity index (χ1v) is 14.4. The number of piperidine rings is 2. The maximum absolute atomic E-state index is 15.5. The van der Waals surface area contributed by atoms with E-state index >= 15 is 4.39 Å². The molecule has 3 N–H and O–H groups in total. The molecule has 6 rings (SSSR count). The molecule has 2 atom stereocenters. The molecule has 1 unspecified atom stereocenters. The van der Waals surface area contributed by atoms with Gasteiger partial charge in [0.15, 0.2) is 17.2 Å². The lowest BCUT2D eigenvalue weighted by atomic mass is 9.96. The first-order valence-electron chi connectivity index (χ1n) is 14.4. The fourth-order valence-corrected chi connectivity index (χ4v) is 5.80. The number of nitrogens with zero attached hydrogens (tertiary/aromatic N) is 6. The average molecular weight is 603 g/mol.